The van der Waals surface area contributed by atoms with E-state index in [1.54, 1.807) is 6.92 Å². The van der Waals surface area contributed by atoms with E-state index in [1.807, 2.05) is 0 Å². The lowest BCUT2D eigenvalue weighted by Crippen LogP contribution is -2.41. The molecule has 0 amide bonds. The predicted molar refractivity (Wildman–Crippen MR) is 54.9 cm³/mol. The van der Waals surface area contributed by atoms with Gasteiger partial charge in [0.25, 0.3) is 0 Å². The number of Topliss-reactive ketones (excluding diaryl/α,β-unsaturated/α-hetero) is 1. The number of hydrogen-bond acceptors (Lipinski definition) is 2. The summed E-state index contributed by atoms with van der Waals surface area (Å²) in [6, 6.07) is 0. The van der Waals surface area contributed by atoms with Gasteiger partial charge in [-0.05, 0) is 43.9 Å². The molecule has 0 radical (unpaired) electrons. The first-order valence-corrected chi connectivity index (χ1v) is 5.74. The molecular weight excluding hydrogens is 176 g/mol. The zero-order valence-electron chi connectivity index (χ0n) is 9.12. The van der Waals surface area contributed by atoms with Crippen LogP contribution in [0.2, 0.25) is 0 Å². The minimum Gasteiger partial charge on any atom is -0.393 e. The molecule has 4 atom stereocenters. The lowest BCUT2D eigenvalue weighted by atomic mass is 9.63. The van der Waals surface area contributed by atoms with Crippen molar-refractivity contribution in [3.63, 3.8) is 0 Å². The van der Waals surface area contributed by atoms with E-state index in [9.17, 15) is 9.90 Å². The van der Waals surface area contributed by atoms with Crippen molar-refractivity contribution in [1.29, 1.82) is 0 Å². The van der Waals surface area contributed by atoms with Gasteiger partial charge in [0, 0.05) is 5.92 Å². The van der Waals surface area contributed by atoms with E-state index in [4.69, 9.17) is 0 Å². The largest absolute Gasteiger partial charge is 0.393 e. The summed E-state index contributed by atoms with van der Waals surface area (Å²) in [4.78, 5) is 11.5. The fourth-order valence-electron chi connectivity index (χ4n) is 3.82. The second kappa shape index (κ2) is 3.34. The number of aliphatic hydroxyl groups excluding tert-OH is 1. The van der Waals surface area contributed by atoms with Gasteiger partial charge in [0.1, 0.15) is 5.78 Å². The van der Waals surface area contributed by atoms with Crippen molar-refractivity contribution in [3.8, 4) is 0 Å². The molecule has 0 aromatic heterocycles. The average molecular weight is 196 g/mol. The van der Waals surface area contributed by atoms with E-state index in [-0.39, 0.29) is 17.4 Å². The van der Waals surface area contributed by atoms with Gasteiger partial charge >= 0.3 is 0 Å². The minimum absolute atomic E-state index is 0.101. The molecule has 2 aliphatic rings. The molecule has 0 heterocycles. The van der Waals surface area contributed by atoms with Gasteiger partial charge in [-0.2, -0.15) is 0 Å². The molecule has 14 heavy (non-hydrogen) atoms. The van der Waals surface area contributed by atoms with Gasteiger partial charge in [0.2, 0.25) is 0 Å². The molecule has 4 unspecified atom stereocenters. The molecule has 2 aliphatic carbocycles. The van der Waals surface area contributed by atoms with Crippen LogP contribution in [0.25, 0.3) is 0 Å². The molecule has 0 saturated heterocycles. The van der Waals surface area contributed by atoms with Crippen LogP contribution in [0.5, 0.6) is 0 Å². The third-order valence-electron chi connectivity index (χ3n) is 4.58. The summed E-state index contributed by atoms with van der Waals surface area (Å²) >= 11 is 0. The smallest absolute Gasteiger partial charge is 0.133 e. The lowest BCUT2D eigenvalue weighted by molar-refractivity contribution is -0.126. The van der Waals surface area contributed by atoms with E-state index >= 15 is 0 Å². The minimum atomic E-state index is -0.155. The molecule has 1 N–H and O–H groups in total. The summed E-state index contributed by atoms with van der Waals surface area (Å²) < 4.78 is 0. The standard InChI is InChI=1S/C12H20O2/c1-8(13)9-5-6-10-11(14)4-3-7-12(9,10)2/h9-11,14H,3-7H2,1-2H3. The lowest BCUT2D eigenvalue weighted by Gasteiger charge is -2.42. The highest BCUT2D eigenvalue weighted by atomic mass is 16.3. The fourth-order valence-corrected chi connectivity index (χ4v) is 3.82. The summed E-state index contributed by atoms with van der Waals surface area (Å²) in [7, 11) is 0. The Morgan fingerprint density at radius 1 is 1.36 bits per heavy atom. The summed E-state index contributed by atoms with van der Waals surface area (Å²) in [5, 5.41) is 9.93. The molecule has 2 heteroatoms. The SMILES string of the molecule is CC(=O)C1CCC2C(O)CCCC12C. The summed E-state index contributed by atoms with van der Waals surface area (Å²) in [6.07, 6.45) is 5.02. The van der Waals surface area contributed by atoms with Crippen LogP contribution in [0.4, 0.5) is 0 Å². The van der Waals surface area contributed by atoms with Crippen molar-refractivity contribution in [1.82, 2.24) is 0 Å². The average Bonchev–Trinajstić information content (AvgIpc) is 2.43. The van der Waals surface area contributed by atoms with Crippen LogP contribution in [0.1, 0.15) is 46.0 Å². The molecule has 2 fully saturated rings. The van der Waals surface area contributed by atoms with Crippen molar-refractivity contribution in [2.45, 2.75) is 52.1 Å². The zero-order chi connectivity index (χ0) is 10.3. The van der Waals surface area contributed by atoms with Gasteiger partial charge in [-0.1, -0.05) is 13.3 Å². The molecule has 0 spiro atoms. The molecule has 0 bridgehead atoms. The third-order valence-corrected chi connectivity index (χ3v) is 4.58. The Morgan fingerprint density at radius 2 is 2.07 bits per heavy atom. The van der Waals surface area contributed by atoms with Crippen LogP contribution < -0.4 is 0 Å². The summed E-state index contributed by atoms with van der Waals surface area (Å²) in [6.45, 7) is 3.92. The quantitative estimate of drug-likeness (QED) is 0.697. The third kappa shape index (κ3) is 1.31. The van der Waals surface area contributed by atoms with Gasteiger partial charge in [0.05, 0.1) is 6.10 Å². The number of fused-ring (bicyclic) bond motifs is 1. The number of hydrogen-bond donors (Lipinski definition) is 1. The van der Waals surface area contributed by atoms with E-state index in [0.717, 1.165) is 32.1 Å². The topological polar surface area (TPSA) is 37.3 Å². The van der Waals surface area contributed by atoms with E-state index < -0.39 is 0 Å². The van der Waals surface area contributed by atoms with Gasteiger partial charge in [0.15, 0.2) is 0 Å². The van der Waals surface area contributed by atoms with Crippen LogP contribution in [0.15, 0.2) is 0 Å². The van der Waals surface area contributed by atoms with Crippen LogP contribution in [-0.4, -0.2) is 17.0 Å². The maximum absolute atomic E-state index is 11.5. The highest BCUT2D eigenvalue weighted by molar-refractivity contribution is 5.79. The Morgan fingerprint density at radius 3 is 2.71 bits per heavy atom. The number of aliphatic hydroxyl groups is 1. The summed E-state index contributed by atoms with van der Waals surface area (Å²) in [5.74, 6) is 0.914. The maximum atomic E-state index is 11.5. The molecule has 2 rings (SSSR count). The van der Waals surface area contributed by atoms with Gasteiger partial charge < -0.3 is 5.11 Å². The highest BCUT2D eigenvalue weighted by Crippen LogP contribution is 2.55. The van der Waals surface area contributed by atoms with Crippen molar-refractivity contribution in [2.24, 2.45) is 17.3 Å². The van der Waals surface area contributed by atoms with Crippen LogP contribution in [0, 0.1) is 17.3 Å². The van der Waals surface area contributed by atoms with Crippen LogP contribution >= 0.6 is 0 Å². The Hall–Kier alpha value is -0.370. The Labute approximate surface area is 85.7 Å². The molecule has 2 saturated carbocycles. The highest BCUT2D eigenvalue weighted by Gasteiger charge is 2.52. The fraction of sp³-hybridized carbons (Fsp3) is 0.917. The van der Waals surface area contributed by atoms with Crippen molar-refractivity contribution in [2.75, 3.05) is 0 Å². The second-order valence-corrected chi connectivity index (χ2v) is 5.31. The predicted octanol–water partition coefficient (Wildman–Crippen LogP) is 2.15. The van der Waals surface area contributed by atoms with E-state index in [1.165, 1.54) is 0 Å². The molecule has 2 nitrogen and oxygen atoms in total. The number of rotatable bonds is 1. The van der Waals surface area contributed by atoms with E-state index in [2.05, 4.69) is 6.92 Å². The Bertz CT molecular complexity index is 249. The van der Waals surface area contributed by atoms with Gasteiger partial charge in [-0.25, -0.2) is 0 Å². The Balaban J connectivity index is 2.24. The Kier molecular flexibility index (Phi) is 2.42. The molecule has 0 aliphatic heterocycles. The number of ketones is 1. The van der Waals surface area contributed by atoms with Gasteiger partial charge in [-0.15, -0.1) is 0 Å². The maximum Gasteiger partial charge on any atom is 0.133 e. The first-order valence-electron chi connectivity index (χ1n) is 5.74. The number of carbonyl (C=O) groups excluding carboxylic acids is 1. The molecule has 80 valence electrons. The van der Waals surface area contributed by atoms with Crippen LogP contribution in [-0.2, 0) is 4.79 Å². The van der Waals surface area contributed by atoms with Crippen molar-refractivity contribution in [3.05, 3.63) is 0 Å². The first kappa shape index (κ1) is 10.2. The van der Waals surface area contributed by atoms with Gasteiger partial charge in [-0.3, -0.25) is 4.79 Å². The van der Waals surface area contributed by atoms with E-state index in [0.29, 0.717) is 11.7 Å². The number of carbonyl (C=O) groups is 1. The van der Waals surface area contributed by atoms with Crippen molar-refractivity contribution >= 4 is 5.78 Å². The second-order valence-electron chi connectivity index (χ2n) is 5.31. The summed E-state index contributed by atoms with van der Waals surface area (Å²) in [5.41, 5.74) is 0.101. The molecular formula is C12H20O2. The zero-order valence-corrected chi connectivity index (χ0v) is 9.12. The first-order chi connectivity index (χ1) is 6.55. The monoisotopic (exact) mass is 196 g/mol. The van der Waals surface area contributed by atoms with Crippen LogP contribution in [0.3, 0.4) is 0 Å². The molecule has 0 aromatic rings. The molecule has 0 aromatic carbocycles. The normalized spacial score (nSPS) is 47.5. The van der Waals surface area contributed by atoms with Crippen molar-refractivity contribution < 1.29 is 9.90 Å².